The van der Waals surface area contributed by atoms with Crippen molar-refractivity contribution in [2.45, 2.75) is 12.8 Å². The molecular formula is C25H26N2O4. The Bertz CT molecular complexity index is 1030. The van der Waals surface area contributed by atoms with Crippen molar-refractivity contribution in [2.75, 3.05) is 26.1 Å². The average Bonchev–Trinajstić information content (AvgIpc) is 2.80. The molecule has 0 radical (unpaired) electrons. The molecule has 2 amide bonds. The summed E-state index contributed by atoms with van der Waals surface area (Å²) in [5.74, 6) is 0.756. The molecule has 3 aromatic rings. The molecule has 6 nitrogen and oxygen atoms in total. The van der Waals surface area contributed by atoms with Gasteiger partial charge >= 0.3 is 0 Å². The number of rotatable bonds is 9. The molecule has 0 fully saturated rings. The number of carbonyl (C=O) groups is 2. The number of para-hydroxylation sites is 1. The molecule has 0 unspecified atom stereocenters. The van der Waals surface area contributed by atoms with Crippen LogP contribution >= 0.6 is 0 Å². The Labute approximate surface area is 182 Å². The van der Waals surface area contributed by atoms with Gasteiger partial charge in [0, 0.05) is 12.1 Å². The maximum atomic E-state index is 12.7. The quantitative estimate of drug-likeness (QED) is 0.553. The number of amides is 2. The Morgan fingerprint density at radius 3 is 2.35 bits per heavy atom. The molecule has 0 heterocycles. The first kappa shape index (κ1) is 21.9. The normalized spacial score (nSPS) is 10.3. The van der Waals surface area contributed by atoms with Crippen molar-refractivity contribution in [3.8, 4) is 11.5 Å². The number of carbonyl (C=O) groups excluding carboxylic acids is 2. The van der Waals surface area contributed by atoms with Crippen LogP contribution in [0.5, 0.6) is 11.5 Å². The van der Waals surface area contributed by atoms with E-state index in [9.17, 15) is 9.59 Å². The first-order valence-electron chi connectivity index (χ1n) is 10.0. The van der Waals surface area contributed by atoms with E-state index in [1.807, 2.05) is 30.3 Å². The lowest BCUT2D eigenvalue weighted by atomic mass is 10.1. The van der Waals surface area contributed by atoms with E-state index in [2.05, 4.69) is 10.6 Å². The van der Waals surface area contributed by atoms with Gasteiger partial charge in [0.05, 0.1) is 31.9 Å². The number of ether oxygens (including phenoxy) is 2. The third kappa shape index (κ3) is 6.09. The monoisotopic (exact) mass is 418 g/mol. The van der Waals surface area contributed by atoms with Crippen molar-refractivity contribution in [3.05, 3.63) is 89.5 Å². The van der Waals surface area contributed by atoms with E-state index in [4.69, 9.17) is 9.47 Å². The molecule has 3 rings (SSSR count). The Hall–Kier alpha value is -3.80. The maximum Gasteiger partial charge on any atom is 0.253 e. The van der Waals surface area contributed by atoms with Crippen LogP contribution in [0.4, 0.5) is 5.69 Å². The predicted molar refractivity (Wildman–Crippen MR) is 121 cm³/mol. The summed E-state index contributed by atoms with van der Waals surface area (Å²) in [5.41, 5.74) is 2.73. The van der Waals surface area contributed by atoms with Crippen molar-refractivity contribution in [3.63, 3.8) is 0 Å². The molecule has 3 aromatic carbocycles. The number of benzene rings is 3. The summed E-state index contributed by atoms with van der Waals surface area (Å²) >= 11 is 0. The van der Waals surface area contributed by atoms with Crippen LogP contribution < -0.4 is 20.1 Å². The van der Waals surface area contributed by atoms with Gasteiger partial charge in [-0.05, 0) is 42.3 Å². The fraction of sp³-hybridized carbons (Fsp3) is 0.200. The minimum atomic E-state index is -0.254. The van der Waals surface area contributed by atoms with Gasteiger partial charge in [-0.1, -0.05) is 42.5 Å². The highest BCUT2D eigenvalue weighted by Gasteiger charge is 2.15. The van der Waals surface area contributed by atoms with Crippen LogP contribution in [-0.4, -0.2) is 32.6 Å². The topological polar surface area (TPSA) is 76.7 Å². The number of hydrogen-bond acceptors (Lipinski definition) is 4. The minimum absolute atomic E-state index is 0.0876. The molecule has 0 spiro atoms. The molecule has 0 aliphatic heterocycles. The van der Waals surface area contributed by atoms with Crippen molar-refractivity contribution in [1.29, 1.82) is 0 Å². The van der Waals surface area contributed by atoms with Crippen LogP contribution in [0.15, 0.2) is 72.8 Å². The Morgan fingerprint density at radius 1 is 0.871 bits per heavy atom. The summed E-state index contributed by atoms with van der Waals surface area (Å²) in [6.45, 7) is 0.506. The maximum absolute atomic E-state index is 12.7. The fourth-order valence-corrected chi connectivity index (χ4v) is 3.24. The van der Waals surface area contributed by atoms with Crippen molar-refractivity contribution >= 4 is 17.5 Å². The van der Waals surface area contributed by atoms with Crippen LogP contribution in [0.3, 0.4) is 0 Å². The smallest absolute Gasteiger partial charge is 0.253 e. The first-order valence-corrected chi connectivity index (χ1v) is 10.0. The lowest BCUT2D eigenvalue weighted by Crippen LogP contribution is -2.27. The van der Waals surface area contributed by atoms with Crippen LogP contribution in [0.25, 0.3) is 0 Å². The van der Waals surface area contributed by atoms with Crippen molar-refractivity contribution in [1.82, 2.24) is 5.32 Å². The summed E-state index contributed by atoms with van der Waals surface area (Å²) in [5, 5.41) is 5.76. The molecule has 0 atom stereocenters. The zero-order valence-electron chi connectivity index (χ0n) is 17.7. The lowest BCUT2D eigenvalue weighted by molar-refractivity contribution is -0.115. The molecule has 0 saturated heterocycles. The third-order valence-corrected chi connectivity index (χ3v) is 4.83. The van der Waals surface area contributed by atoms with Gasteiger partial charge in [0.15, 0.2) is 0 Å². The summed E-state index contributed by atoms with van der Waals surface area (Å²) in [7, 11) is 3.12. The summed E-state index contributed by atoms with van der Waals surface area (Å²) in [6.07, 6.45) is 0.821. The van der Waals surface area contributed by atoms with Gasteiger partial charge in [-0.15, -0.1) is 0 Å². The summed E-state index contributed by atoms with van der Waals surface area (Å²) in [4.78, 5) is 25.4. The largest absolute Gasteiger partial charge is 0.497 e. The highest BCUT2D eigenvalue weighted by molar-refractivity contribution is 6.04. The lowest BCUT2D eigenvalue weighted by Gasteiger charge is -2.13. The fourth-order valence-electron chi connectivity index (χ4n) is 3.24. The van der Waals surface area contributed by atoms with Crippen LogP contribution in [-0.2, 0) is 17.6 Å². The highest BCUT2D eigenvalue weighted by Crippen LogP contribution is 2.25. The Morgan fingerprint density at radius 2 is 1.61 bits per heavy atom. The molecule has 6 heteroatoms. The van der Waals surface area contributed by atoms with Gasteiger partial charge in [-0.2, -0.15) is 0 Å². The number of anilines is 1. The van der Waals surface area contributed by atoms with Gasteiger partial charge in [0.2, 0.25) is 5.91 Å². The van der Waals surface area contributed by atoms with E-state index in [0.717, 1.165) is 12.0 Å². The van der Waals surface area contributed by atoms with E-state index < -0.39 is 0 Å². The summed E-state index contributed by atoms with van der Waals surface area (Å²) < 4.78 is 10.6. The molecule has 2 N–H and O–H groups in total. The second kappa shape index (κ2) is 10.8. The predicted octanol–water partition coefficient (Wildman–Crippen LogP) is 3.86. The first-order chi connectivity index (χ1) is 15.1. The van der Waals surface area contributed by atoms with Crippen molar-refractivity contribution in [2.24, 2.45) is 0 Å². The van der Waals surface area contributed by atoms with Crippen LogP contribution in [0, 0.1) is 0 Å². The zero-order valence-corrected chi connectivity index (χ0v) is 17.7. The second-order valence-corrected chi connectivity index (χ2v) is 6.94. The van der Waals surface area contributed by atoms with Gasteiger partial charge in [0.25, 0.3) is 5.91 Å². The standard InChI is InChI=1S/C25H26N2O4/c1-30-20-12-13-23(31-2)19(16-20)17-24(28)27-22-11-7-6-10-21(22)25(29)26-15-14-18-8-4-3-5-9-18/h3-13,16H,14-15,17H2,1-2H3,(H,26,29)(H,27,28). The molecule has 0 bridgehead atoms. The molecule has 0 aliphatic rings. The van der Waals surface area contributed by atoms with Gasteiger partial charge in [0.1, 0.15) is 11.5 Å². The van der Waals surface area contributed by atoms with E-state index in [-0.39, 0.29) is 18.2 Å². The minimum Gasteiger partial charge on any atom is -0.497 e. The number of hydrogen-bond donors (Lipinski definition) is 2. The third-order valence-electron chi connectivity index (χ3n) is 4.83. The van der Waals surface area contributed by atoms with Crippen LogP contribution in [0.2, 0.25) is 0 Å². The molecular weight excluding hydrogens is 392 g/mol. The van der Waals surface area contributed by atoms with E-state index in [1.165, 1.54) is 0 Å². The second-order valence-electron chi connectivity index (χ2n) is 6.94. The van der Waals surface area contributed by atoms with E-state index in [1.54, 1.807) is 56.7 Å². The van der Waals surface area contributed by atoms with E-state index >= 15 is 0 Å². The molecule has 0 aromatic heterocycles. The highest BCUT2D eigenvalue weighted by atomic mass is 16.5. The van der Waals surface area contributed by atoms with Gasteiger partial charge < -0.3 is 20.1 Å². The molecule has 0 aliphatic carbocycles. The average molecular weight is 418 g/mol. The Kier molecular flexibility index (Phi) is 7.65. The zero-order chi connectivity index (χ0) is 22.1. The molecule has 160 valence electrons. The van der Waals surface area contributed by atoms with Gasteiger partial charge in [-0.25, -0.2) is 0 Å². The molecule has 0 saturated carbocycles. The number of nitrogens with one attached hydrogen (secondary N) is 2. The summed E-state index contributed by atoms with van der Waals surface area (Å²) in [6, 6.07) is 22.2. The SMILES string of the molecule is COc1ccc(OC)c(CC(=O)Nc2ccccc2C(=O)NCCc2ccccc2)c1. The van der Waals surface area contributed by atoms with Gasteiger partial charge in [-0.3, -0.25) is 9.59 Å². The Balaban J connectivity index is 1.64. The molecule has 31 heavy (non-hydrogen) atoms. The van der Waals surface area contributed by atoms with Crippen LogP contribution in [0.1, 0.15) is 21.5 Å². The van der Waals surface area contributed by atoms with Crippen molar-refractivity contribution < 1.29 is 19.1 Å². The number of methoxy groups -OCH3 is 2. The van der Waals surface area contributed by atoms with E-state index in [0.29, 0.717) is 34.9 Å².